The number of hydrogen-bond donors (Lipinski definition) is 2. The minimum atomic E-state index is -1.60. The third-order valence-electron chi connectivity index (χ3n) is 4.25. The first kappa shape index (κ1) is 19.4. The predicted molar refractivity (Wildman–Crippen MR) is 96.6 cm³/mol. The van der Waals surface area contributed by atoms with Crippen LogP contribution in [0.5, 0.6) is 0 Å². The van der Waals surface area contributed by atoms with Crippen molar-refractivity contribution in [2.75, 3.05) is 0 Å². The van der Waals surface area contributed by atoms with Gasteiger partial charge in [0, 0.05) is 29.6 Å². The van der Waals surface area contributed by atoms with E-state index in [1.54, 1.807) is 0 Å². The molecule has 1 heterocycles. The van der Waals surface area contributed by atoms with Crippen LogP contribution in [0, 0.1) is 28.8 Å². The standard InChI is InChI=1S/C21H15F3N2O2/c22-14-8-13(9-15(23)10-14)21(28)18(20(27)12-4-3-7-26-11-12)19(25)16-5-1-2-6-17(16)24/h1-11,18,20,25,27H. The molecule has 2 unspecified atom stereocenters. The van der Waals surface area contributed by atoms with Gasteiger partial charge in [-0.05, 0) is 29.8 Å². The van der Waals surface area contributed by atoms with Crippen LogP contribution in [0.15, 0.2) is 67.0 Å². The van der Waals surface area contributed by atoms with Gasteiger partial charge >= 0.3 is 0 Å². The Hall–Kier alpha value is -3.32. The van der Waals surface area contributed by atoms with E-state index in [9.17, 15) is 23.1 Å². The molecule has 0 fully saturated rings. The number of hydrogen-bond acceptors (Lipinski definition) is 4. The van der Waals surface area contributed by atoms with Gasteiger partial charge in [-0.2, -0.15) is 0 Å². The molecule has 142 valence electrons. The summed E-state index contributed by atoms with van der Waals surface area (Å²) >= 11 is 0. The number of carbonyl (C=O) groups is 1. The maximum absolute atomic E-state index is 14.2. The largest absolute Gasteiger partial charge is 0.387 e. The average Bonchev–Trinajstić information content (AvgIpc) is 2.68. The van der Waals surface area contributed by atoms with Gasteiger partial charge in [0.1, 0.15) is 17.5 Å². The van der Waals surface area contributed by atoms with Gasteiger partial charge in [0.25, 0.3) is 0 Å². The predicted octanol–water partition coefficient (Wildman–Crippen LogP) is 4.10. The van der Waals surface area contributed by atoms with Crippen molar-refractivity contribution in [1.82, 2.24) is 4.98 Å². The number of Topliss-reactive ketones (excluding diaryl/α,β-unsaturated/α-hetero) is 1. The fraction of sp³-hybridized carbons (Fsp3) is 0.0952. The number of ketones is 1. The molecule has 0 spiro atoms. The number of aliphatic hydroxyl groups excluding tert-OH is 1. The molecule has 1 aromatic heterocycles. The molecule has 2 N–H and O–H groups in total. The van der Waals surface area contributed by atoms with Crippen LogP contribution < -0.4 is 0 Å². The summed E-state index contributed by atoms with van der Waals surface area (Å²) in [6, 6.07) is 10.5. The maximum Gasteiger partial charge on any atom is 0.175 e. The van der Waals surface area contributed by atoms with Crippen LogP contribution in [-0.4, -0.2) is 21.6 Å². The van der Waals surface area contributed by atoms with Crippen molar-refractivity contribution in [2.24, 2.45) is 5.92 Å². The molecule has 3 aromatic rings. The molecule has 3 rings (SSSR count). The Morgan fingerprint density at radius 1 is 1.00 bits per heavy atom. The summed E-state index contributed by atoms with van der Waals surface area (Å²) in [5, 5.41) is 19.1. The molecule has 2 atom stereocenters. The highest BCUT2D eigenvalue weighted by Gasteiger charge is 2.35. The Kier molecular flexibility index (Phi) is 5.65. The van der Waals surface area contributed by atoms with Crippen LogP contribution in [0.4, 0.5) is 13.2 Å². The van der Waals surface area contributed by atoms with E-state index < -0.39 is 41.0 Å². The fourth-order valence-electron chi connectivity index (χ4n) is 2.90. The number of halogens is 3. The molecule has 0 radical (unpaired) electrons. The molecule has 0 amide bonds. The minimum Gasteiger partial charge on any atom is -0.387 e. The second kappa shape index (κ2) is 8.14. The smallest absolute Gasteiger partial charge is 0.175 e. The molecule has 4 nitrogen and oxygen atoms in total. The van der Waals surface area contributed by atoms with E-state index in [0.29, 0.717) is 6.07 Å². The van der Waals surface area contributed by atoms with Crippen LogP contribution in [0.2, 0.25) is 0 Å². The van der Waals surface area contributed by atoms with Crippen LogP contribution in [0.1, 0.15) is 27.6 Å². The third-order valence-corrected chi connectivity index (χ3v) is 4.25. The van der Waals surface area contributed by atoms with Crippen molar-refractivity contribution in [2.45, 2.75) is 6.10 Å². The minimum absolute atomic E-state index is 0.194. The van der Waals surface area contributed by atoms with Crippen molar-refractivity contribution in [3.63, 3.8) is 0 Å². The van der Waals surface area contributed by atoms with Gasteiger partial charge in [-0.1, -0.05) is 24.3 Å². The normalized spacial score (nSPS) is 13.0. The van der Waals surface area contributed by atoms with Crippen molar-refractivity contribution >= 4 is 11.5 Å². The van der Waals surface area contributed by atoms with Crippen LogP contribution in [-0.2, 0) is 0 Å². The first-order valence-electron chi connectivity index (χ1n) is 8.30. The van der Waals surface area contributed by atoms with E-state index in [4.69, 9.17) is 5.41 Å². The zero-order valence-corrected chi connectivity index (χ0v) is 14.4. The van der Waals surface area contributed by atoms with Crippen molar-refractivity contribution in [3.8, 4) is 0 Å². The fourth-order valence-corrected chi connectivity index (χ4v) is 2.90. The SMILES string of the molecule is N=C(c1ccccc1F)C(C(=O)c1cc(F)cc(F)c1)C(O)c1cccnc1. The third kappa shape index (κ3) is 3.99. The van der Waals surface area contributed by atoms with Gasteiger partial charge in [-0.15, -0.1) is 0 Å². The van der Waals surface area contributed by atoms with E-state index >= 15 is 0 Å². The van der Waals surface area contributed by atoms with Gasteiger partial charge in [-0.3, -0.25) is 9.78 Å². The first-order valence-corrected chi connectivity index (χ1v) is 8.30. The number of benzene rings is 2. The number of aromatic nitrogens is 1. The summed E-state index contributed by atoms with van der Waals surface area (Å²) in [4.78, 5) is 16.9. The zero-order chi connectivity index (χ0) is 20.3. The second-order valence-electron chi connectivity index (χ2n) is 6.12. The lowest BCUT2D eigenvalue weighted by Crippen LogP contribution is -2.31. The number of aliphatic hydroxyl groups is 1. The average molecular weight is 384 g/mol. The summed E-state index contributed by atoms with van der Waals surface area (Å²) in [6.07, 6.45) is 1.18. The second-order valence-corrected chi connectivity index (χ2v) is 6.12. The molecule has 2 aromatic carbocycles. The molecule has 28 heavy (non-hydrogen) atoms. The van der Waals surface area contributed by atoms with E-state index in [1.807, 2.05) is 0 Å². The molecule has 0 saturated heterocycles. The molecular formula is C21H15F3N2O2. The van der Waals surface area contributed by atoms with Crippen molar-refractivity contribution in [3.05, 3.63) is 101 Å². The van der Waals surface area contributed by atoms with E-state index in [0.717, 1.165) is 18.2 Å². The number of nitrogens with zero attached hydrogens (tertiary/aromatic N) is 1. The first-order chi connectivity index (χ1) is 13.4. The Balaban J connectivity index is 2.10. The Bertz CT molecular complexity index is 1000. The van der Waals surface area contributed by atoms with E-state index in [1.165, 1.54) is 42.7 Å². The lowest BCUT2D eigenvalue weighted by molar-refractivity contribution is 0.0792. The Labute approximate surface area is 158 Å². The number of carbonyl (C=O) groups excluding carboxylic acids is 1. The van der Waals surface area contributed by atoms with Gasteiger partial charge in [-0.25, -0.2) is 13.2 Å². The molecule has 0 aliphatic rings. The van der Waals surface area contributed by atoms with Gasteiger partial charge in [0.05, 0.1) is 17.7 Å². The highest BCUT2D eigenvalue weighted by Crippen LogP contribution is 2.29. The molecule has 0 bridgehead atoms. The molecule has 0 aliphatic carbocycles. The molecule has 7 heteroatoms. The quantitative estimate of drug-likeness (QED) is 0.496. The summed E-state index contributed by atoms with van der Waals surface area (Å²) < 4.78 is 41.4. The Morgan fingerprint density at radius 2 is 1.68 bits per heavy atom. The lowest BCUT2D eigenvalue weighted by Gasteiger charge is -2.23. The molecule has 0 saturated carbocycles. The summed E-state index contributed by atoms with van der Waals surface area (Å²) in [5.41, 5.74) is -0.866. The van der Waals surface area contributed by atoms with E-state index in [-0.39, 0.29) is 16.7 Å². The lowest BCUT2D eigenvalue weighted by atomic mass is 9.82. The summed E-state index contributed by atoms with van der Waals surface area (Å²) in [5.74, 6) is -5.22. The summed E-state index contributed by atoms with van der Waals surface area (Å²) in [7, 11) is 0. The number of rotatable bonds is 6. The highest BCUT2D eigenvalue weighted by atomic mass is 19.1. The topological polar surface area (TPSA) is 74.0 Å². The van der Waals surface area contributed by atoms with Crippen LogP contribution in [0.25, 0.3) is 0 Å². The highest BCUT2D eigenvalue weighted by molar-refractivity contribution is 6.17. The van der Waals surface area contributed by atoms with Crippen LogP contribution in [0.3, 0.4) is 0 Å². The number of nitrogens with one attached hydrogen (secondary N) is 1. The molecular weight excluding hydrogens is 369 g/mol. The molecule has 0 aliphatic heterocycles. The maximum atomic E-state index is 14.2. The van der Waals surface area contributed by atoms with Crippen molar-refractivity contribution < 1.29 is 23.1 Å². The Morgan fingerprint density at radius 3 is 2.29 bits per heavy atom. The summed E-state index contributed by atoms with van der Waals surface area (Å²) in [6.45, 7) is 0. The van der Waals surface area contributed by atoms with Gasteiger partial charge in [0.15, 0.2) is 5.78 Å². The monoisotopic (exact) mass is 384 g/mol. The van der Waals surface area contributed by atoms with Crippen LogP contribution >= 0.6 is 0 Å². The number of pyridine rings is 1. The van der Waals surface area contributed by atoms with Gasteiger partial charge < -0.3 is 10.5 Å². The zero-order valence-electron chi connectivity index (χ0n) is 14.4. The van der Waals surface area contributed by atoms with Gasteiger partial charge in [0.2, 0.25) is 0 Å². The van der Waals surface area contributed by atoms with Crippen molar-refractivity contribution in [1.29, 1.82) is 5.41 Å². The van der Waals surface area contributed by atoms with E-state index in [2.05, 4.69) is 4.98 Å².